The number of hydrazine groups is 1. The number of thiazole rings is 1. The summed E-state index contributed by atoms with van der Waals surface area (Å²) in [6.07, 6.45) is 1.78. The van der Waals surface area contributed by atoms with E-state index < -0.39 is 0 Å². The number of anilines is 1. The van der Waals surface area contributed by atoms with Gasteiger partial charge in [0, 0.05) is 16.5 Å². The molecule has 0 aliphatic heterocycles. The third-order valence-electron chi connectivity index (χ3n) is 1.80. The Labute approximate surface area is 90.8 Å². The van der Waals surface area contributed by atoms with Crippen molar-refractivity contribution in [2.24, 2.45) is 0 Å². The predicted octanol–water partition coefficient (Wildman–Crippen LogP) is 2.88. The summed E-state index contributed by atoms with van der Waals surface area (Å²) in [5.74, 6) is 0. The minimum absolute atomic E-state index is 0.305. The lowest BCUT2D eigenvalue weighted by Crippen LogP contribution is -2.24. The smallest absolute Gasteiger partial charge is 0.197 e. The second-order valence-electron chi connectivity index (χ2n) is 2.84. The lowest BCUT2D eigenvalue weighted by Gasteiger charge is -2.11. The molecule has 2 aromatic rings. The van der Waals surface area contributed by atoms with Gasteiger partial charge in [-0.15, -0.1) is 22.7 Å². The van der Waals surface area contributed by atoms with Crippen molar-refractivity contribution < 1.29 is 0 Å². The number of rotatable bonds is 4. The third-order valence-corrected chi connectivity index (χ3v) is 3.54. The summed E-state index contributed by atoms with van der Waals surface area (Å²) in [6, 6.07) is 4.48. The minimum Gasteiger partial charge on any atom is -0.296 e. The second-order valence-corrected chi connectivity index (χ2v) is 4.72. The third kappa shape index (κ3) is 2.31. The van der Waals surface area contributed by atoms with Crippen molar-refractivity contribution in [1.82, 2.24) is 10.4 Å². The summed E-state index contributed by atoms with van der Waals surface area (Å²) < 4.78 is 0. The molecule has 3 nitrogen and oxygen atoms in total. The van der Waals surface area contributed by atoms with Crippen molar-refractivity contribution in [3.05, 3.63) is 34.0 Å². The van der Waals surface area contributed by atoms with Crippen LogP contribution in [0.3, 0.4) is 0 Å². The van der Waals surface area contributed by atoms with Crippen molar-refractivity contribution in [2.75, 3.05) is 5.43 Å². The van der Waals surface area contributed by atoms with Crippen LogP contribution in [-0.2, 0) is 0 Å². The Hall–Kier alpha value is -0.910. The van der Waals surface area contributed by atoms with Gasteiger partial charge in [-0.3, -0.25) is 5.43 Å². The van der Waals surface area contributed by atoms with Gasteiger partial charge in [-0.25, -0.2) is 10.4 Å². The van der Waals surface area contributed by atoms with E-state index in [1.54, 1.807) is 28.9 Å². The van der Waals surface area contributed by atoms with Crippen LogP contribution < -0.4 is 10.9 Å². The summed E-state index contributed by atoms with van der Waals surface area (Å²) in [7, 11) is 0. The van der Waals surface area contributed by atoms with Gasteiger partial charge < -0.3 is 0 Å². The Morgan fingerprint density at radius 1 is 1.36 bits per heavy atom. The summed E-state index contributed by atoms with van der Waals surface area (Å²) >= 11 is 3.33. The molecule has 0 aliphatic rings. The molecule has 2 rings (SSSR count). The van der Waals surface area contributed by atoms with Crippen LogP contribution in [0.4, 0.5) is 5.13 Å². The molecular weight excluding hydrogens is 214 g/mol. The van der Waals surface area contributed by atoms with Crippen LogP contribution in [-0.4, -0.2) is 4.98 Å². The van der Waals surface area contributed by atoms with Crippen LogP contribution in [0.25, 0.3) is 0 Å². The molecule has 1 atom stereocenters. The number of nitrogens with zero attached hydrogens (tertiary/aromatic N) is 1. The number of hydrogen-bond acceptors (Lipinski definition) is 5. The molecule has 0 saturated carbocycles. The Balaban J connectivity index is 1.87. The van der Waals surface area contributed by atoms with Gasteiger partial charge in [0.05, 0.1) is 6.04 Å². The first kappa shape index (κ1) is 9.64. The van der Waals surface area contributed by atoms with Crippen molar-refractivity contribution in [2.45, 2.75) is 13.0 Å². The molecule has 2 heterocycles. The Morgan fingerprint density at radius 2 is 2.29 bits per heavy atom. The Bertz CT molecular complexity index is 355. The van der Waals surface area contributed by atoms with E-state index in [0.717, 1.165) is 5.13 Å². The number of hydrogen-bond donors (Lipinski definition) is 2. The van der Waals surface area contributed by atoms with Gasteiger partial charge in [0.15, 0.2) is 5.13 Å². The van der Waals surface area contributed by atoms with E-state index in [0.29, 0.717) is 6.04 Å². The highest BCUT2D eigenvalue weighted by atomic mass is 32.1. The molecule has 0 aliphatic carbocycles. The lowest BCUT2D eigenvalue weighted by atomic mass is 10.3. The van der Waals surface area contributed by atoms with E-state index in [-0.39, 0.29) is 0 Å². The van der Waals surface area contributed by atoms with Crippen molar-refractivity contribution in [1.29, 1.82) is 0 Å². The van der Waals surface area contributed by atoms with E-state index in [4.69, 9.17) is 0 Å². The molecule has 1 unspecified atom stereocenters. The van der Waals surface area contributed by atoms with E-state index in [2.05, 4.69) is 40.3 Å². The van der Waals surface area contributed by atoms with Gasteiger partial charge in [-0.2, -0.15) is 0 Å². The van der Waals surface area contributed by atoms with E-state index >= 15 is 0 Å². The maximum Gasteiger partial charge on any atom is 0.197 e. The average molecular weight is 225 g/mol. The molecule has 74 valence electrons. The van der Waals surface area contributed by atoms with Crippen LogP contribution in [0.2, 0.25) is 0 Å². The van der Waals surface area contributed by atoms with Crippen molar-refractivity contribution >= 4 is 27.8 Å². The highest BCUT2D eigenvalue weighted by molar-refractivity contribution is 7.13. The van der Waals surface area contributed by atoms with Crippen LogP contribution >= 0.6 is 22.7 Å². The zero-order valence-corrected chi connectivity index (χ0v) is 9.36. The lowest BCUT2D eigenvalue weighted by molar-refractivity contribution is 0.654. The number of aromatic nitrogens is 1. The zero-order valence-electron chi connectivity index (χ0n) is 7.73. The van der Waals surface area contributed by atoms with Crippen LogP contribution in [0.15, 0.2) is 29.1 Å². The molecule has 0 saturated heterocycles. The fraction of sp³-hybridized carbons (Fsp3) is 0.222. The summed E-state index contributed by atoms with van der Waals surface area (Å²) in [4.78, 5) is 5.43. The topological polar surface area (TPSA) is 37.0 Å². The first-order valence-corrected chi connectivity index (χ1v) is 6.06. The van der Waals surface area contributed by atoms with Crippen molar-refractivity contribution in [3.63, 3.8) is 0 Å². The largest absolute Gasteiger partial charge is 0.296 e. The van der Waals surface area contributed by atoms with Crippen LogP contribution in [0.5, 0.6) is 0 Å². The van der Waals surface area contributed by atoms with E-state index in [1.807, 2.05) is 5.38 Å². The molecule has 5 heteroatoms. The normalized spacial score (nSPS) is 12.6. The molecule has 0 amide bonds. The average Bonchev–Trinajstić information content (AvgIpc) is 2.87. The molecule has 0 bridgehead atoms. The predicted molar refractivity (Wildman–Crippen MR) is 61.6 cm³/mol. The number of nitrogens with one attached hydrogen (secondary N) is 2. The van der Waals surface area contributed by atoms with Gasteiger partial charge in [-0.05, 0) is 18.4 Å². The number of thiophene rings is 1. The molecule has 0 radical (unpaired) electrons. The zero-order chi connectivity index (χ0) is 9.80. The van der Waals surface area contributed by atoms with Gasteiger partial charge in [0.25, 0.3) is 0 Å². The SMILES string of the molecule is CC(NNc1nccs1)c1cccs1. The summed E-state index contributed by atoms with van der Waals surface area (Å²) in [6.45, 7) is 2.12. The highest BCUT2D eigenvalue weighted by Crippen LogP contribution is 2.18. The van der Waals surface area contributed by atoms with Crippen molar-refractivity contribution in [3.8, 4) is 0 Å². The molecule has 0 aromatic carbocycles. The molecule has 14 heavy (non-hydrogen) atoms. The fourth-order valence-electron chi connectivity index (χ4n) is 1.06. The molecule has 0 spiro atoms. The fourth-order valence-corrected chi connectivity index (χ4v) is 2.29. The molecular formula is C9H11N3S2. The van der Waals surface area contributed by atoms with Gasteiger partial charge in [0.2, 0.25) is 0 Å². The van der Waals surface area contributed by atoms with Crippen LogP contribution in [0, 0.1) is 0 Å². The Morgan fingerprint density at radius 3 is 2.93 bits per heavy atom. The first-order chi connectivity index (χ1) is 6.86. The van der Waals surface area contributed by atoms with Gasteiger partial charge in [0.1, 0.15) is 0 Å². The van der Waals surface area contributed by atoms with E-state index in [9.17, 15) is 0 Å². The molecule has 2 N–H and O–H groups in total. The summed E-state index contributed by atoms with van der Waals surface area (Å²) in [5.41, 5.74) is 6.27. The van der Waals surface area contributed by atoms with Crippen LogP contribution in [0.1, 0.15) is 17.8 Å². The quantitative estimate of drug-likeness (QED) is 0.786. The van der Waals surface area contributed by atoms with Gasteiger partial charge >= 0.3 is 0 Å². The molecule has 2 aromatic heterocycles. The standard InChI is InChI=1S/C9H11N3S2/c1-7(8-3-2-5-13-8)11-12-9-10-4-6-14-9/h2-7,11H,1H3,(H,10,12). The maximum atomic E-state index is 4.12. The Kier molecular flexibility index (Phi) is 3.13. The minimum atomic E-state index is 0.305. The second kappa shape index (κ2) is 4.54. The van der Waals surface area contributed by atoms with Gasteiger partial charge in [-0.1, -0.05) is 6.07 Å². The van der Waals surface area contributed by atoms with E-state index in [1.165, 1.54) is 4.88 Å². The maximum absolute atomic E-state index is 4.12. The highest BCUT2D eigenvalue weighted by Gasteiger charge is 2.05. The first-order valence-electron chi connectivity index (χ1n) is 4.30. The summed E-state index contributed by atoms with van der Waals surface area (Å²) in [5, 5.41) is 4.92. The molecule has 0 fully saturated rings. The monoisotopic (exact) mass is 225 g/mol.